The fourth-order valence-corrected chi connectivity index (χ4v) is 1.70. The molecule has 1 atom stereocenters. The van der Waals surface area contributed by atoms with Crippen molar-refractivity contribution >= 4 is 35.0 Å². The van der Waals surface area contributed by atoms with Gasteiger partial charge in [-0.2, -0.15) is 0 Å². The highest BCUT2D eigenvalue weighted by molar-refractivity contribution is 6.33. The van der Waals surface area contributed by atoms with Crippen LogP contribution in [0.2, 0.25) is 5.02 Å². The van der Waals surface area contributed by atoms with Crippen LogP contribution >= 0.6 is 11.6 Å². The lowest BCUT2D eigenvalue weighted by molar-refractivity contribution is -0.384. The summed E-state index contributed by atoms with van der Waals surface area (Å²) in [5, 5.41) is 24.3. The van der Waals surface area contributed by atoms with Gasteiger partial charge in [-0.3, -0.25) is 10.1 Å². The standard InChI is InChI=1S/C12H14ClN3O5/c1-6(2)10(11(17)18)15-12(19)14-9-5-7(16(20)21)3-4-8(9)13/h3-6,10H,1-2H3,(H,17,18)(H2,14,15,19). The SMILES string of the molecule is CC(C)C(NC(=O)Nc1cc([N+](=O)[O-])ccc1Cl)C(=O)O. The van der Waals surface area contributed by atoms with Crippen LogP contribution in [0.3, 0.4) is 0 Å². The minimum absolute atomic E-state index is 0.0243. The summed E-state index contributed by atoms with van der Waals surface area (Å²) in [7, 11) is 0. The van der Waals surface area contributed by atoms with Gasteiger partial charge in [-0.1, -0.05) is 25.4 Å². The van der Waals surface area contributed by atoms with Gasteiger partial charge in [-0.05, 0) is 12.0 Å². The minimum atomic E-state index is -1.18. The fraction of sp³-hybridized carbons (Fsp3) is 0.333. The Morgan fingerprint density at radius 3 is 2.48 bits per heavy atom. The van der Waals surface area contributed by atoms with E-state index in [1.54, 1.807) is 13.8 Å². The summed E-state index contributed by atoms with van der Waals surface area (Å²) in [5.41, 5.74) is -0.218. The van der Waals surface area contributed by atoms with Gasteiger partial charge in [0.15, 0.2) is 0 Å². The molecule has 0 radical (unpaired) electrons. The van der Waals surface area contributed by atoms with Crippen LogP contribution in [0.1, 0.15) is 13.8 Å². The lowest BCUT2D eigenvalue weighted by Crippen LogP contribution is -2.46. The Hall–Kier alpha value is -2.35. The molecule has 9 heteroatoms. The molecular weight excluding hydrogens is 302 g/mol. The number of urea groups is 1. The number of hydrogen-bond donors (Lipinski definition) is 3. The zero-order valence-corrected chi connectivity index (χ0v) is 12.0. The van der Waals surface area contributed by atoms with Gasteiger partial charge in [0, 0.05) is 12.1 Å². The van der Waals surface area contributed by atoms with Gasteiger partial charge >= 0.3 is 12.0 Å². The summed E-state index contributed by atoms with van der Waals surface area (Å²) in [5.74, 6) is -1.50. The van der Waals surface area contributed by atoms with Gasteiger partial charge in [0.2, 0.25) is 0 Å². The summed E-state index contributed by atoms with van der Waals surface area (Å²) >= 11 is 5.83. The molecule has 0 aliphatic heterocycles. The van der Waals surface area contributed by atoms with Gasteiger partial charge < -0.3 is 15.7 Å². The number of carbonyl (C=O) groups is 2. The first-order chi connectivity index (χ1) is 9.72. The Bertz CT molecular complexity index is 576. The van der Waals surface area contributed by atoms with E-state index in [4.69, 9.17) is 16.7 Å². The second kappa shape index (κ2) is 6.89. The predicted molar refractivity (Wildman–Crippen MR) is 76.5 cm³/mol. The summed E-state index contributed by atoms with van der Waals surface area (Å²) in [4.78, 5) is 32.8. The van der Waals surface area contributed by atoms with Crippen LogP contribution < -0.4 is 10.6 Å². The van der Waals surface area contributed by atoms with E-state index in [9.17, 15) is 19.7 Å². The second-order valence-electron chi connectivity index (χ2n) is 4.58. The molecule has 3 N–H and O–H groups in total. The summed E-state index contributed by atoms with van der Waals surface area (Å²) in [6, 6.07) is 1.67. The number of nitrogens with zero attached hydrogens (tertiary/aromatic N) is 1. The van der Waals surface area contributed by atoms with Crippen LogP contribution in [0, 0.1) is 16.0 Å². The number of benzene rings is 1. The number of anilines is 1. The Kier molecular flexibility index (Phi) is 5.48. The molecule has 1 aromatic rings. The van der Waals surface area contributed by atoms with Crippen LogP contribution in [0.4, 0.5) is 16.2 Å². The topological polar surface area (TPSA) is 122 Å². The number of carbonyl (C=O) groups excluding carboxylic acids is 1. The highest BCUT2D eigenvalue weighted by Gasteiger charge is 2.23. The van der Waals surface area contributed by atoms with E-state index < -0.39 is 23.0 Å². The second-order valence-corrected chi connectivity index (χ2v) is 4.99. The lowest BCUT2D eigenvalue weighted by Gasteiger charge is -2.18. The van der Waals surface area contributed by atoms with Crippen LogP contribution in [0.15, 0.2) is 18.2 Å². The van der Waals surface area contributed by atoms with Crippen molar-refractivity contribution in [3.8, 4) is 0 Å². The third-order valence-corrected chi connectivity index (χ3v) is 2.96. The maximum atomic E-state index is 11.8. The van der Waals surface area contributed by atoms with E-state index in [1.165, 1.54) is 12.1 Å². The van der Waals surface area contributed by atoms with E-state index in [0.717, 1.165) is 6.07 Å². The molecule has 1 unspecified atom stereocenters. The minimum Gasteiger partial charge on any atom is -0.480 e. The number of aliphatic carboxylic acids is 1. The number of nitro groups is 1. The Balaban J connectivity index is 2.85. The number of carboxylic acids is 1. The zero-order chi connectivity index (χ0) is 16.2. The molecule has 0 heterocycles. The van der Waals surface area contributed by atoms with Crippen molar-refractivity contribution in [1.82, 2.24) is 5.32 Å². The molecule has 0 aliphatic rings. The molecule has 2 amide bonds. The van der Waals surface area contributed by atoms with E-state index in [0.29, 0.717) is 0 Å². The Morgan fingerprint density at radius 2 is 2.00 bits per heavy atom. The van der Waals surface area contributed by atoms with Gasteiger partial charge in [0.05, 0.1) is 15.6 Å². The number of nitrogens with one attached hydrogen (secondary N) is 2. The van der Waals surface area contributed by atoms with Gasteiger partial charge in [0.1, 0.15) is 6.04 Å². The molecule has 0 spiro atoms. The third kappa shape index (κ3) is 4.60. The predicted octanol–water partition coefficient (Wildman–Crippen LogP) is 2.48. The molecule has 0 saturated carbocycles. The molecule has 8 nitrogen and oxygen atoms in total. The number of halogens is 1. The normalized spacial score (nSPS) is 11.8. The number of non-ortho nitro benzene ring substituents is 1. The van der Waals surface area contributed by atoms with Gasteiger partial charge in [-0.15, -0.1) is 0 Å². The van der Waals surface area contributed by atoms with Crippen LogP contribution in [0.5, 0.6) is 0 Å². The first-order valence-electron chi connectivity index (χ1n) is 5.96. The molecule has 21 heavy (non-hydrogen) atoms. The smallest absolute Gasteiger partial charge is 0.326 e. The molecule has 0 aromatic heterocycles. The van der Waals surface area contributed by atoms with Crippen molar-refractivity contribution in [2.45, 2.75) is 19.9 Å². The Morgan fingerprint density at radius 1 is 1.38 bits per heavy atom. The number of hydrogen-bond acceptors (Lipinski definition) is 4. The number of nitro benzene ring substituents is 1. The third-order valence-electron chi connectivity index (χ3n) is 2.63. The van der Waals surface area contributed by atoms with Crippen molar-refractivity contribution in [1.29, 1.82) is 0 Å². The quantitative estimate of drug-likeness (QED) is 0.569. The van der Waals surface area contributed by atoms with Gasteiger partial charge in [-0.25, -0.2) is 9.59 Å². The summed E-state index contributed by atoms with van der Waals surface area (Å²) in [6.45, 7) is 3.28. The molecule has 0 aliphatic carbocycles. The van der Waals surface area contributed by atoms with E-state index >= 15 is 0 Å². The maximum absolute atomic E-state index is 11.8. The van der Waals surface area contributed by atoms with Crippen LogP contribution in [-0.4, -0.2) is 28.1 Å². The summed E-state index contributed by atoms with van der Waals surface area (Å²) in [6.07, 6.45) is 0. The fourth-order valence-electron chi connectivity index (χ4n) is 1.54. The van der Waals surface area contributed by atoms with E-state index in [1.807, 2.05) is 0 Å². The molecule has 0 saturated heterocycles. The molecule has 0 bridgehead atoms. The van der Waals surface area contributed by atoms with Gasteiger partial charge in [0.25, 0.3) is 5.69 Å². The first kappa shape index (κ1) is 16.7. The lowest BCUT2D eigenvalue weighted by atomic mass is 10.1. The largest absolute Gasteiger partial charge is 0.480 e. The first-order valence-corrected chi connectivity index (χ1v) is 6.34. The average Bonchev–Trinajstić information content (AvgIpc) is 2.37. The molecule has 0 fully saturated rings. The number of carboxylic acid groups (broad SMARTS) is 1. The number of amides is 2. The molecule has 1 aromatic carbocycles. The van der Waals surface area contributed by atoms with Crippen molar-refractivity contribution in [2.75, 3.05) is 5.32 Å². The average molecular weight is 316 g/mol. The number of rotatable bonds is 5. The molecular formula is C12H14ClN3O5. The van der Waals surface area contributed by atoms with Crippen molar-refractivity contribution < 1.29 is 19.6 Å². The maximum Gasteiger partial charge on any atom is 0.326 e. The summed E-state index contributed by atoms with van der Waals surface area (Å²) < 4.78 is 0. The van der Waals surface area contributed by atoms with E-state index in [2.05, 4.69) is 10.6 Å². The molecule has 114 valence electrons. The monoisotopic (exact) mass is 315 g/mol. The highest BCUT2D eigenvalue weighted by Crippen LogP contribution is 2.26. The highest BCUT2D eigenvalue weighted by atomic mass is 35.5. The van der Waals surface area contributed by atoms with Crippen molar-refractivity contribution in [3.63, 3.8) is 0 Å². The Labute approximate surface area is 125 Å². The molecule has 1 rings (SSSR count). The zero-order valence-electron chi connectivity index (χ0n) is 11.3. The van der Waals surface area contributed by atoms with Crippen LogP contribution in [-0.2, 0) is 4.79 Å². The van der Waals surface area contributed by atoms with Crippen LogP contribution in [0.25, 0.3) is 0 Å². The van der Waals surface area contributed by atoms with Crippen molar-refractivity contribution in [2.24, 2.45) is 5.92 Å². The van der Waals surface area contributed by atoms with Crippen molar-refractivity contribution in [3.05, 3.63) is 33.3 Å². The van der Waals surface area contributed by atoms with E-state index in [-0.39, 0.29) is 22.3 Å².